The largest absolute Gasteiger partial charge is 0.393 e. The van der Waals surface area contributed by atoms with Gasteiger partial charge in [0, 0.05) is 6.07 Å². The molecule has 0 unspecified atom stereocenters. The summed E-state index contributed by atoms with van der Waals surface area (Å²) in [6, 6.07) is 14.5. The average molecular weight is 240 g/mol. The van der Waals surface area contributed by atoms with Crippen molar-refractivity contribution in [2.45, 2.75) is 0 Å². The van der Waals surface area contributed by atoms with Crippen molar-refractivity contribution in [2.75, 3.05) is 5.73 Å². The molecule has 0 saturated heterocycles. The number of nitrogens with two attached hydrogens (primary N) is 1. The van der Waals surface area contributed by atoms with Gasteiger partial charge in [-0.2, -0.15) is 0 Å². The molecule has 0 aliphatic carbocycles. The van der Waals surface area contributed by atoms with Crippen LogP contribution in [0, 0.1) is 10.1 Å². The van der Waals surface area contributed by atoms with E-state index in [1.54, 1.807) is 12.1 Å². The molecule has 0 aromatic heterocycles. The van der Waals surface area contributed by atoms with Gasteiger partial charge in [0.2, 0.25) is 0 Å². The lowest BCUT2D eigenvalue weighted by Gasteiger charge is -1.98. The maximum absolute atomic E-state index is 10.7. The topological polar surface area (TPSA) is 69.2 Å². The number of nitro groups is 1. The lowest BCUT2D eigenvalue weighted by molar-refractivity contribution is -0.383. The van der Waals surface area contributed by atoms with Crippen LogP contribution in [0.25, 0.3) is 12.2 Å². The van der Waals surface area contributed by atoms with Gasteiger partial charge in [0.05, 0.1) is 4.92 Å². The molecule has 0 aliphatic rings. The van der Waals surface area contributed by atoms with Crippen LogP contribution in [0.3, 0.4) is 0 Å². The van der Waals surface area contributed by atoms with Crippen molar-refractivity contribution in [3.8, 4) is 0 Å². The molecule has 2 aromatic carbocycles. The van der Waals surface area contributed by atoms with Crippen LogP contribution in [0.2, 0.25) is 0 Å². The van der Waals surface area contributed by atoms with Crippen LogP contribution < -0.4 is 5.73 Å². The molecule has 2 aromatic rings. The Morgan fingerprint density at radius 2 is 1.67 bits per heavy atom. The SMILES string of the molecule is Nc1ccc(C=Cc2ccccc2)cc1[N+](=O)[O-]. The lowest BCUT2D eigenvalue weighted by Crippen LogP contribution is -1.95. The Kier molecular flexibility index (Phi) is 3.38. The van der Waals surface area contributed by atoms with Gasteiger partial charge in [0.25, 0.3) is 5.69 Å². The average Bonchev–Trinajstić information content (AvgIpc) is 2.38. The number of anilines is 1. The Bertz CT molecular complexity index is 592. The van der Waals surface area contributed by atoms with Gasteiger partial charge in [-0.15, -0.1) is 0 Å². The normalized spacial score (nSPS) is 10.7. The van der Waals surface area contributed by atoms with E-state index in [4.69, 9.17) is 5.73 Å². The van der Waals surface area contributed by atoms with Gasteiger partial charge in [-0.05, 0) is 17.2 Å². The zero-order chi connectivity index (χ0) is 13.0. The summed E-state index contributed by atoms with van der Waals surface area (Å²) < 4.78 is 0. The zero-order valence-electron chi connectivity index (χ0n) is 9.61. The molecule has 0 amide bonds. The van der Waals surface area contributed by atoms with Gasteiger partial charge in [0.1, 0.15) is 5.69 Å². The molecule has 0 atom stereocenters. The van der Waals surface area contributed by atoms with Crippen LogP contribution in [0.1, 0.15) is 11.1 Å². The molecule has 0 bridgehead atoms. The second kappa shape index (κ2) is 5.14. The molecule has 4 heteroatoms. The van der Waals surface area contributed by atoms with Crippen molar-refractivity contribution in [1.82, 2.24) is 0 Å². The van der Waals surface area contributed by atoms with Gasteiger partial charge >= 0.3 is 0 Å². The first-order valence-corrected chi connectivity index (χ1v) is 5.44. The second-order valence-corrected chi connectivity index (χ2v) is 3.82. The van der Waals surface area contributed by atoms with E-state index in [2.05, 4.69) is 0 Å². The third-order valence-electron chi connectivity index (χ3n) is 2.52. The molecule has 0 radical (unpaired) electrons. The van der Waals surface area contributed by atoms with E-state index in [1.165, 1.54) is 6.07 Å². The van der Waals surface area contributed by atoms with Gasteiger partial charge in [0.15, 0.2) is 0 Å². The Morgan fingerprint density at radius 3 is 2.33 bits per heavy atom. The first-order chi connectivity index (χ1) is 8.66. The number of hydrogen-bond donors (Lipinski definition) is 1. The predicted octanol–water partition coefficient (Wildman–Crippen LogP) is 3.35. The Labute approximate surface area is 105 Å². The van der Waals surface area contributed by atoms with Crippen molar-refractivity contribution in [2.24, 2.45) is 0 Å². The number of nitrogen functional groups attached to an aromatic ring is 1. The molecule has 4 nitrogen and oxygen atoms in total. The number of nitrogens with zero attached hydrogens (tertiary/aromatic N) is 1. The molecule has 0 heterocycles. The Balaban J connectivity index is 2.28. The Hall–Kier alpha value is -2.62. The maximum Gasteiger partial charge on any atom is 0.292 e. The van der Waals surface area contributed by atoms with Crippen LogP contribution in [0.5, 0.6) is 0 Å². The molecule has 0 aliphatic heterocycles. The first-order valence-electron chi connectivity index (χ1n) is 5.44. The fraction of sp³-hybridized carbons (Fsp3) is 0. The minimum absolute atomic E-state index is 0.0646. The first kappa shape index (κ1) is 11.9. The molecule has 2 N–H and O–H groups in total. The van der Waals surface area contributed by atoms with Gasteiger partial charge in [-0.3, -0.25) is 10.1 Å². The Morgan fingerprint density at radius 1 is 1.00 bits per heavy atom. The predicted molar refractivity (Wildman–Crippen MR) is 72.9 cm³/mol. The lowest BCUT2D eigenvalue weighted by atomic mass is 10.1. The minimum atomic E-state index is -0.477. The summed E-state index contributed by atoms with van der Waals surface area (Å²) in [6.45, 7) is 0. The minimum Gasteiger partial charge on any atom is -0.393 e. The van der Waals surface area contributed by atoms with Crippen molar-refractivity contribution in [3.63, 3.8) is 0 Å². The molecule has 18 heavy (non-hydrogen) atoms. The summed E-state index contributed by atoms with van der Waals surface area (Å²) in [5.41, 5.74) is 7.43. The quantitative estimate of drug-likeness (QED) is 0.387. The van der Waals surface area contributed by atoms with Gasteiger partial charge in [-0.25, -0.2) is 0 Å². The van der Waals surface area contributed by atoms with E-state index < -0.39 is 4.92 Å². The van der Waals surface area contributed by atoms with Crippen LogP contribution in [0.15, 0.2) is 48.5 Å². The smallest absolute Gasteiger partial charge is 0.292 e. The van der Waals surface area contributed by atoms with Gasteiger partial charge < -0.3 is 5.73 Å². The number of rotatable bonds is 3. The van der Waals surface area contributed by atoms with E-state index in [9.17, 15) is 10.1 Å². The maximum atomic E-state index is 10.7. The van der Waals surface area contributed by atoms with Crippen molar-refractivity contribution >= 4 is 23.5 Å². The van der Waals surface area contributed by atoms with E-state index in [0.717, 1.165) is 11.1 Å². The van der Waals surface area contributed by atoms with Crippen molar-refractivity contribution in [1.29, 1.82) is 0 Å². The summed E-state index contributed by atoms with van der Waals surface area (Å²) >= 11 is 0. The van der Waals surface area contributed by atoms with Crippen molar-refractivity contribution in [3.05, 3.63) is 69.8 Å². The summed E-state index contributed by atoms with van der Waals surface area (Å²) in [5, 5.41) is 10.7. The van der Waals surface area contributed by atoms with E-state index in [1.807, 2.05) is 42.5 Å². The molecule has 0 fully saturated rings. The van der Waals surface area contributed by atoms with Crippen LogP contribution >= 0.6 is 0 Å². The fourth-order valence-corrected chi connectivity index (χ4v) is 1.58. The highest BCUT2D eigenvalue weighted by Gasteiger charge is 2.10. The summed E-state index contributed by atoms with van der Waals surface area (Å²) in [4.78, 5) is 10.3. The zero-order valence-corrected chi connectivity index (χ0v) is 9.61. The van der Waals surface area contributed by atoms with Crippen LogP contribution in [-0.2, 0) is 0 Å². The van der Waals surface area contributed by atoms with Crippen LogP contribution in [-0.4, -0.2) is 4.92 Å². The summed E-state index contributed by atoms with van der Waals surface area (Å²) in [7, 11) is 0. The molecule has 2 rings (SSSR count). The highest BCUT2D eigenvalue weighted by atomic mass is 16.6. The van der Waals surface area contributed by atoms with E-state index in [-0.39, 0.29) is 11.4 Å². The highest BCUT2D eigenvalue weighted by molar-refractivity contribution is 5.73. The number of nitro benzene ring substituents is 1. The number of hydrogen-bond acceptors (Lipinski definition) is 3. The van der Waals surface area contributed by atoms with E-state index in [0.29, 0.717) is 0 Å². The molecular weight excluding hydrogens is 228 g/mol. The van der Waals surface area contributed by atoms with Crippen LogP contribution in [0.4, 0.5) is 11.4 Å². The van der Waals surface area contributed by atoms with E-state index >= 15 is 0 Å². The highest BCUT2D eigenvalue weighted by Crippen LogP contribution is 2.23. The second-order valence-electron chi connectivity index (χ2n) is 3.82. The third kappa shape index (κ3) is 2.74. The molecule has 90 valence electrons. The fourth-order valence-electron chi connectivity index (χ4n) is 1.58. The molecule has 0 spiro atoms. The standard InChI is InChI=1S/C14H12N2O2/c15-13-9-8-12(10-14(13)16(17)18)7-6-11-4-2-1-3-5-11/h1-10H,15H2. The summed E-state index contributed by atoms with van der Waals surface area (Å²) in [6.07, 6.45) is 3.72. The van der Waals surface area contributed by atoms with Gasteiger partial charge in [-0.1, -0.05) is 48.6 Å². The molecular formula is C14H12N2O2. The summed E-state index contributed by atoms with van der Waals surface area (Å²) in [5.74, 6) is 0. The molecule has 0 saturated carbocycles. The number of benzene rings is 2. The monoisotopic (exact) mass is 240 g/mol. The van der Waals surface area contributed by atoms with Crippen molar-refractivity contribution < 1.29 is 4.92 Å². The third-order valence-corrected chi connectivity index (χ3v) is 2.52.